The second-order valence-corrected chi connectivity index (χ2v) is 18.8. The van der Waals surface area contributed by atoms with Gasteiger partial charge in [0.05, 0.1) is 32.6 Å². The molecule has 2 amide bonds. The van der Waals surface area contributed by atoms with Gasteiger partial charge in [-0.2, -0.15) is 30.4 Å². The molecule has 0 saturated heterocycles. The number of carbonyl (C=O) groups excluding carboxylic acids is 4. The fourth-order valence-corrected chi connectivity index (χ4v) is 8.07. The first-order valence-corrected chi connectivity index (χ1v) is 22.8. The van der Waals surface area contributed by atoms with Gasteiger partial charge in [0.1, 0.15) is 61.7 Å². The first kappa shape index (κ1) is 50.4. The van der Waals surface area contributed by atoms with E-state index in [1.54, 1.807) is 0 Å². The average molecular weight is 1030 g/mol. The Morgan fingerprint density at radius 3 is 1.24 bits per heavy atom. The molecule has 31 heteroatoms. The van der Waals surface area contributed by atoms with Crippen molar-refractivity contribution in [1.82, 2.24) is 10.9 Å². The quantitative estimate of drug-likeness (QED) is 0.131. The van der Waals surface area contributed by atoms with Crippen molar-refractivity contribution in [2.45, 2.75) is 35.7 Å². The molecule has 0 radical (unpaired) electrons. The number of hydrogen-bond donors (Lipinski definition) is 2. The molecule has 2 aromatic carbocycles. The molecule has 2 atom stereocenters. The molecule has 0 bridgehead atoms. The topological polar surface area (TPSA) is 386 Å². The maximum atomic E-state index is 12.2. The van der Waals surface area contributed by atoms with Crippen LogP contribution in [-0.4, -0.2) is 120 Å². The van der Waals surface area contributed by atoms with Gasteiger partial charge in [-0.1, -0.05) is 35.3 Å². The second kappa shape index (κ2) is 18.8. The summed E-state index contributed by atoms with van der Waals surface area (Å²) in [6, 6.07) is 7.32. The SMILES string of the molecule is CC1=NN(c2cccc(S(=O)(=O)[O-])c2)C(=[OH+])C1NN=C1C=C(Cl)C=C(S(=O)(=O)[O-])C1=O.CC1=NN(c2cccc(S(=O)(=O)[O-])c2)C(=[OH+])C1NN=C1C=C(Cl)C=C(S(=O)(=O)[O-])C1=O.[Cr]. The van der Waals surface area contributed by atoms with Crippen molar-refractivity contribution in [2.75, 3.05) is 10.0 Å². The number of Topliss-reactive ketones (excluding diaryl/α,β-unsaturated/α-hetero) is 2. The number of hydrogen-bond acceptors (Lipinski definition) is 20. The number of hydrazone groups is 4. The van der Waals surface area contributed by atoms with Crippen molar-refractivity contribution >= 4 is 121 Å². The van der Waals surface area contributed by atoms with Crippen LogP contribution in [0.1, 0.15) is 13.8 Å². The standard InChI is InChI=1S/2C16H13ClN4O8S2.Cr/c2*1-8-14(19-18-12-5-9(17)6-13(15(12)22)31(27,28)29)16(23)21(20-8)10-3-2-4-11(7-10)30(24,25)26;/h2*2-7,14,19H,1H3,(H,24,25,26)(H,27,28,29);/p-2. The number of rotatable bonds is 10. The van der Waals surface area contributed by atoms with Gasteiger partial charge in [0.25, 0.3) is 0 Å². The fourth-order valence-electron chi connectivity index (χ4n) is 5.29. The molecule has 24 nitrogen and oxygen atoms in total. The Balaban J connectivity index is 0.000000272. The normalized spacial score (nSPS) is 20.8. The fraction of sp³-hybridized carbons (Fsp3) is 0.125. The first-order chi connectivity index (χ1) is 28.6. The molecule has 0 aromatic heterocycles. The van der Waals surface area contributed by atoms with Crippen LogP contribution in [0.4, 0.5) is 11.4 Å². The van der Waals surface area contributed by atoms with Gasteiger partial charge in [-0.3, -0.25) is 30.0 Å². The van der Waals surface area contributed by atoms with Crippen molar-refractivity contribution in [2.24, 2.45) is 20.4 Å². The van der Waals surface area contributed by atoms with Crippen LogP contribution in [0.5, 0.6) is 0 Å². The van der Waals surface area contributed by atoms with Crippen LogP contribution in [0.25, 0.3) is 0 Å². The Morgan fingerprint density at radius 1 is 0.603 bits per heavy atom. The van der Waals surface area contributed by atoms with Gasteiger partial charge >= 0.3 is 11.8 Å². The van der Waals surface area contributed by atoms with Crippen molar-refractivity contribution in [1.29, 1.82) is 0 Å². The molecule has 4 aliphatic rings. The number of ketones is 2. The van der Waals surface area contributed by atoms with Crippen molar-refractivity contribution in [3.63, 3.8) is 0 Å². The van der Waals surface area contributed by atoms with Gasteiger partial charge in [0, 0.05) is 27.4 Å². The predicted octanol–water partition coefficient (Wildman–Crippen LogP) is -0.527. The molecular weight excluding hydrogens is 1000 g/mol. The molecule has 2 heterocycles. The number of allylic oxidation sites excluding steroid dienone is 8. The zero-order valence-corrected chi connectivity index (χ0v) is 37.2. The van der Waals surface area contributed by atoms with E-state index in [4.69, 9.17) is 23.2 Å². The molecule has 0 spiro atoms. The minimum absolute atomic E-state index is 0. The summed E-state index contributed by atoms with van der Waals surface area (Å²) in [6.45, 7) is 2.95. The van der Waals surface area contributed by atoms with Crippen LogP contribution in [0.15, 0.2) is 123 Å². The number of nitrogens with one attached hydrogen (secondary N) is 2. The average Bonchev–Trinajstić information content (AvgIpc) is 3.62. The van der Waals surface area contributed by atoms with E-state index in [-0.39, 0.29) is 50.2 Å². The molecule has 0 fully saturated rings. The Morgan fingerprint density at radius 2 is 0.937 bits per heavy atom. The van der Waals surface area contributed by atoms with Crippen LogP contribution in [0.3, 0.4) is 0 Å². The van der Waals surface area contributed by atoms with E-state index in [0.29, 0.717) is 12.2 Å². The molecule has 2 aromatic rings. The van der Waals surface area contributed by atoms with Crippen molar-refractivity contribution in [3.8, 4) is 0 Å². The molecule has 334 valence electrons. The molecule has 4 N–H and O–H groups in total. The molecule has 2 aliphatic carbocycles. The van der Waals surface area contributed by atoms with Crippen LogP contribution >= 0.6 is 23.2 Å². The van der Waals surface area contributed by atoms with E-state index in [2.05, 4.69) is 31.3 Å². The minimum Gasteiger partial charge on any atom is -0.744 e. The van der Waals surface area contributed by atoms with Gasteiger partial charge < -0.3 is 18.2 Å². The number of halogens is 2. The summed E-state index contributed by atoms with van der Waals surface area (Å²) in [7, 11) is -19.7. The van der Waals surface area contributed by atoms with E-state index in [0.717, 1.165) is 46.4 Å². The van der Waals surface area contributed by atoms with Crippen LogP contribution < -0.4 is 20.9 Å². The summed E-state index contributed by atoms with van der Waals surface area (Å²) in [4.78, 5) is 42.1. The summed E-state index contributed by atoms with van der Waals surface area (Å²) in [5, 5.41) is 17.0. The van der Waals surface area contributed by atoms with E-state index < -0.39 is 107 Å². The van der Waals surface area contributed by atoms with Crippen LogP contribution in [0.2, 0.25) is 0 Å². The van der Waals surface area contributed by atoms with Crippen LogP contribution in [-0.2, 0) is 67.4 Å². The Kier molecular flexibility index (Phi) is 15.0. The molecule has 2 aliphatic heterocycles. The maximum Gasteiger partial charge on any atom is 0.446 e. The third-order valence-corrected chi connectivity index (χ3v) is 12.0. The van der Waals surface area contributed by atoms with Gasteiger partial charge in [0.15, 0.2) is 0 Å². The van der Waals surface area contributed by atoms with Gasteiger partial charge in [-0.05, 0) is 74.5 Å². The summed E-state index contributed by atoms with van der Waals surface area (Å²) >= 11 is 11.5. The zero-order chi connectivity index (χ0) is 46.3. The van der Waals surface area contributed by atoms with Gasteiger partial charge in [0.2, 0.25) is 23.7 Å². The number of amides is 2. The number of nitrogens with zero attached hydrogens (tertiary/aromatic N) is 6. The molecular formula is C32H24Cl2CrN8O16S4-2. The van der Waals surface area contributed by atoms with Crippen molar-refractivity contribution < 1.29 is 88.4 Å². The van der Waals surface area contributed by atoms with Crippen LogP contribution in [0, 0.1) is 0 Å². The van der Waals surface area contributed by atoms with Gasteiger partial charge in [-0.25, -0.2) is 33.7 Å². The second-order valence-electron chi connectivity index (χ2n) is 12.5. The van der Waals surface area contributed by atoms with Gasteiger partial charge in [-0.15, -0.1) is 0 Å². The third-order valence-electron chi connectivity index (χ3n) is 8.17. The van der Waals surface area contributed by atoms with Crippen molar-refractivity contribution in [3.05, 3.63) is 92.7 Å². The van der Waals surface area contributed by atoms with E-state index in [9.17, 15) is 71.1 Å². The minimum atomic E-state index is -5.09. The monoisotopic (exact) mass is 1030 g/mol. The summed E-state index contributed by atoms with van der Waals surface area (Å²) < 4.78 is 135. The smallest absolute Gasteiger partial charge is 0.446 e. The molecule has 0 saturated carbocycles. The Hall–Kier alpha value is -5.29. The summed E-state index contributed by atoms with van der Waals surface area (Å²) in [6.07, 6.45) is 3.45. The number of benzene rings is 2. The molecule has 6 rings (SSSR count). The molecule has 63 heavy (non-hydrogen) atoms. The third kappa shape index (κ3) is 11.7. The van der Waals surface area contributed by atoms with E-state index in [1.165, 1.54) is 38.1 Å². The summed E-state index contributed by atoms with van der Waals surface area (Å²) in [5.74, 6) is -3.34. The maximum absolute atomic E-state index is 12.2. The van der Waals surface area contributed by atoms with E-state index in [1.807, 2.05) is 0 Å². The Labute approximate surface area is 377 Å². The Bertz CT molecular complexity index is 2870. The number of anilines is 2. The summed E-state index contributed by atoms with van der Waals surface area (Å²) in [5.41, 5.74) is 4.41. The largest absolute Gasteiger partial charge is 0.744 e. The molecule has 2 unspecified atom stereocenters. The first-order valence-electron chi connectivity index (χ1n) is 16.4. The van der Waals surface area contributed by atoms with E-state index >= 15 is 0 Å². The predicted molar refractivity (Wildman–Crippen MR) is 216 cm³/mol. The zero-order valence-electron chi connectivity index (χ0n) is 31.2. The number of carbonyl (C=O) groups is 2.